The number of carbonyl (C=O) groups is 2. The van der Waals surface area contributed by atoms with Crippen LogP contribution < -0.4 is 10.1 Å². The summed E-state index contributed by atoms with van der Waals surface area (Å²) in [7, 11) is 0. The van der Waals surface area contributed by atoms with E-state index in [4.69, 9.17) is 9.47 Å². The molecule has 0 radical (unpaired) electrons. The molecule has 25 heavy (non-hydrogen) atoms. The smallest absolute Gasteiger partial charge is 0.408 e. The van der Waals surface area contributed by atoms with Crippen LogP contribution in [0, 0.1) is 11.8 Å². The van der Waals surface area contributed by atoms with Crippen LogP contribution in [0.3, 0.4) is 0 Å². The van der Waals surface area contributed by atoms with Crippen molar-refractivity contribution < 1.29 is 19.1 Å². The summed E-state index contributed by atoms with van der Waals surface area (Å²) < 4.78 is 10.6. The molecular weight excluding hydrogens is 318 g/mol. The fourth-order valence-corrected chi connectivity index (χ4v) is 2.37. The summed E-state index contributed by atoms with van der Waals surface area (Å²) >= 11 is 0. The van der Waals surface area contributed by atoms with E-state index in [2.05, 4.69) is 17.2 Å². The minimum absolute atomic E-state index is 0.0867. The molecule has 0 fully saturated rings. The molecule has 1 N–H and O–H groups in total. The summed E-state index contributed by atoms with van der Waals surface area (Å²) in [5.41, 5.74) is 2.25. The molecule has 5 heteroatoms. The van der Waals surface area contributed by atoms with E-state index in [1.54, 1.807) is 18.2 Å². The first kappa shape index (κ1) is 16.6. The molecule has 0 atom stereocenters. The Morgan fingerprint density at radius 1 is 1.20 bits per heavy atom. The van der Waals surface area contributed by atoms with E-state index in [0.29, 0.717) is 24.3 Å². The number of ketones is 1. The van der Waals surface area contributed by atoms with Crippen LogP contribution in [0.2, 0.25) is 0 Å². The molecule has 126 valence electrons. The van der Waals surface area contributed by atoms with Crippen LogP contribution in [0.25, 0.3) is 0 Å². The topological polar surface area (TPSA) is 64.6 Å². The van der Waals surface area contributed by atoms with Crippen LogP contribution in [0.15, 0.2) is 48.5 Å². The first-order chi connectivity index (χ1) is 12.2. The lowest BCUT2D eigenvalue weighted by molar-refractivity contribution is 0.0933. The van der Waals surface area contributed by atoms with E-state index < -0.39 is 6.09 Å². The lowest BCUT2D eigenvalue weighted by atomic mass is 10.0. The van der Waals surface area contributed by atoms with Gasteiger partial charge in [0.05, 0.1) is 18.7 Å². The highest BCUT2D eigenvalue weighted by Gasteiger charge is 2.17. The van der Waals surface area contributed by atoms with Crippen molar-refractivity contribution in [1.82, 2.24) is 5.32 Å². The second-order valence-electron chi connectivity index (χ2n) is 5.45. The van der Waals surface area contributed by atoms with Gasteiger partial charge in [-0.15, -0.1) is 0 Å². The minimum Gasteiger partial charge on any atom is -0.492 e. The molecule has 5 nitrogen and oxygen atoms in total. The molecular formula is C20H17NO4. The summed E-state index contributed by atoms with van der Waals surface area (Å²) in [6.07, 6.45) is -0.106. The van der Waals surface area contributed by atoms with Crippen LogP contribution in [-0.2, 0) is 11.3 Å². The highest BCUT2D eigenvalue weighted by Crippen LogP contribution is 2.25. The van der Waals surface area contributed by atoms with Gasteiger partial charge < -0.3 is 14.8 Å². The molecule has 2 aromatic rings. The Kier molecular flexibility index (Phi) is 5.32. The van der Waals surface area contributed by atoms with Crippen molar-refractivity contribution in [3.05, 3.63) is 65.2 Å². The molecule has 1 amide bonds. The Morgan fingerprint density at radius 2 is 2.04 bits per heavy atom. The van der Waals surface area contributed by atoms with Gasteiger partial charge in [0.25, 0.3) is 0 Å². The number of benzene rings is 2. The maximum absolute atomic E-state index is 11.7. The van der Waals surface area contributed by atoms with Gasteiger partial charge in [-0.05, 0) is 23.8 Å². The summed E-state index contributed by atoms with van der Waals surface area (Å²) in [6, 6.07) is 14.7. The van der Waals surface area contributed by atoms with Crippen LogP contribution in [-0.4, -0.2) is 25.0 Å². The van der Waals surface area contributed by atoms with Gasteiger partial charge >= 0.3 is 6.09 Å². The van der Waals surface area contributed by atoms with E-state index >= 15 is 0 Å². The summed E-state index contributed by atoms with van der Waals surface area (Å²) in [4.78, 5) is 23.3. The van der Waals surface area contributed by atoms with Crippen LogP contribution in [0.5, 0.6) is 5.75 Å². The summed E-state index contributed by atoms with van der Waals surface area (Å²) in [6.45, 7) is 0.790. The SMILES string of the molecule is O=C(NCC#Cc1ccc2c(c1)OCCC2=O)OCc1ccccc1. The van der Waals surface area contributed by atoms with Gasteiger partial charge in [-0.25, -0.2) is 4.79 Å². The quantitative estimate of drug-likeness (QED) is 0.876. The Hall–Kier alpha value is -3.26. The number of fused-ring (bicyclic) bond motifs is 1. The fourth-order valence-electron chi connectivity index (χ4n) is 2.37. The molecule has 0 aromatic heterocycles. The van der Waals surface area contributed by atoms with Crippen molar-refractivity contribution in [2.45, 2.75) is 13.0 Å². The predicted molar refractivity (Wildman–Crippen MR) is 92.4 cm³/mol. The van der Waals surface area contributed by atoms with Gasteiger partial charge in [-0.3, -0.25) is 4.79 Å². The molecule has 0 bridgehead atoms. The van der Waals surface area contributed by atoms with Crippen molar-refractivity contribution >= 4 is 11.9 Å². The molecule has 1 heterocycles. The van der Waals surface area contributed by atoms with Gasteiger partial charge in [0.1, 0.15) is 12.4 Å². The number of rotatable bonds is 3. The number of amides is 1. The highest BCUT2D eigenvalue weighted by atomic mass is 16.5. The van der Waals surface area contributed by atoms with Gasteiger partial charge in [0, 0.05) is 12.0 Å². The first-order valence-corrected chi connectivity index (χ1v) is 7.96. The number of alkyl carbamates (subject to hydrolysis) is 1. The third-order valence-corrected chi connectivity index (χ3v) is 3.64. The molecule has 0 aliphatic carbocycles. The molecule has 0 saturated heterocycles. The van der Waals surface area contributed by atoms with Gasteiger partial charge in [0.15, 0.2) is 5.78 Å². The molecule has 0 saturated carbocycles. The second kappa shape index (κ2) is 8.02. The predicted octanol–water partition coefficient (Wildman–Crippen LogP) is 2.93. The normalized spacial score (nSPS) is 12.2. The maximum Gasteiger partial charge on any atom is 0.408 e. The Balaban J connectivity index is 1.48. The number of ether oxygens (including phenoxy) is 2. The van der Waals surface area contributed by atoms with Crippen LogP contribution in [0.1, 0.15) is 27.9 Å². The zero-order chi connectivity index (χ0) is 17.5. The minimum atomic E-state index is -0.516. The monoisotopic (exact) mass is 335 g/mol. The summed E-state index contributed by atoms with van der Waals surface area (Å²) in [5.74, 6) is 6.43. The van der Waals surface area contributed by atoms with Gasteiger partial charge in [-0.2, -0.15) is 0 Å². The van der Waals surface area contributed by atoms with E-state index in [-0.39, 0.29) is 18.9 Å². The lowest BCUT2D eigenvalue weighted by Crippen LogP contribution is -2.24. The Morgan fingerprint density at radius 3 is 2.88 bits per heavy atom. The van der Waals surface area contributed by atoms with E-state index in [1.165, 1.54) is 0 Å². The number of nitrogens with one attached hydrogen (secondary N) is 1. The van der Waals surface area contributed by atoms with Crippen LogP contribution in [0.4, 0.5) is 4.79 Å². The maximum atomic E-state index is 11.7. The van der Waals surface area contributed by atoms with Crippen molar-refractivity contribution in [2.24, 2.45) is 0 Å². The zero-order valence-electron chi connectivity index (χ0n) is 13.6. The molecule has 0 spiro atoms. The van der Waals surface area contributed by atoms with Crippen molar-refractivity contribution in [1.29, 1.82) is 0 Å². The van der Waals surface area contributed by atoms with Crippen LogP contribution >= 0.6 is 0 Å². The van der Waals surface area contributed by atoms with Crippen molar-refractivity contribution in [2.75, 3.05) is 13.2 Å². The number of Topliss-reactive ketones (excluding diaryl/α,β-unsaturated/α-hetero) is 1. The second-order valence-corrected chi connectivity index (χ2v) is 5.45. The van der Waals surface area contributed by atoms with Crippen molar-refractivity contribution in [3.8, 4) is 17.6 Å². The molecule has 1 aliphatic heterocycles. The average Bonchev–Trinajstić information content (AvgIpc) is 2.64. The lowest BCUT2D eigenvalue weighted by Gasteiger charge is -2.15. The number of hydrogen-bond acceptors (Lipinski definition) is 4. The molecule has 0 unspecified atom stereocenters. The van der Waals surface area contributed by atoms with Gasteiger partial charge in [-0.1, -0.05) is 42.2 Å². The molecule has 3 rings (SSSR count). The average molecular weight is 335 g/mol. The van der Waals surface area contributed by atoms with Gasteiger partial charge in [0.2, 0.25) is 0 Å². The Bertz CT molecular complexity index is 834. The Labute approximate surface area is 146 Å². The number of carbonyl (C=O) groups excluding carboxylic acids is 2. The largest absolute Gasteiger partial charge is 0.492 e. The van der Waals surface area contributed by atoms with E-state index in [0.717, 1.165) is 11.1 Å². The highest BCUT2D eigenvalue weighted by molar-refractivity contribution is 5.99. The standard InChI is InChI=1S/C20H17NO4/c22-18-10-12-24-19-13-15(8-9-17(18)19)7-4-11-21-20(23)25-14-16-5-2-1-3-6-16/h1-3,5-6,8-9,13H,10-12,14H2,(H,21,23). The van der Waals surface area contributed by atoms with E-state index in [9.17, 15) is 9.59 Å². The zero-order valence-corrected chi connectivity index (χ0v) is 13.6. The third kappa shape index (κ3) is 4.61. The fraction of sp³-hybridized carbons (Fsp3) is 0.200. The molecule has 1 aliphatic rings. The van der Waals surface area contributed by atoms with E-state index in [1.807, 2.05) is 30.3 Å². The summed E-state index contributed by atoms with van der Waals surface area (Å²) in [5, 5.41) is 2.57. The third-order valence-electron chi connectivity index (χ3n) is 3.64. The first-order valence-electron chi connectivity index (χ1n) is 7.96. The van der Waals surface area contributed by atoms with Crippen molar-refractivity contribution in [3.63, 3.8) is 0 Å². The number of hydrogen-bond donors (Lipinski definition) is 1. The molecule has 2 aromatic carbocycles.